The molecule has 7 heteroatoms. The van der Waals surface area contributed by atoms with Crippen LogP contribution in [0.5, 0.6) is 0 Å². The number of aliphatic carboxylic acids is 2. The number of carbonyl (C=O) groups excluding carboxylic acids is 1. The van der Waals surface area contributed by atoms with Crippen LogP contribution in [0.1, 0.15) is 25.7 Å². The van der Waals surface area contributed by atoms with Crippen molar-refractivity contribution in [1.82, 2.24) is 5.32 Å². The summed E-state index contributed by atoms with van der Waals surface area (Å²) in [5, 5.41) is 19.5. The lowest BCUT2D eigenvalue weighted by atomic mass is 10.1. The molecule has 0 bridgehead atoms. The minimum atomic E-state index is -1.20. The van der Waals surface area contributed by atoms with Crippen molar-refractivity contribution in [1.29, 1.82) is 0 Å². The molecule has 0 saturated carbocycles. The van der Waals surface area contributed by atoms with Gasteiger partial charge in [-0.2, -0.15) is 0 Å². The monoisotopic (exact) mass is 258 g/mol. The minimum absolute atomic E-state index is 0.166. The van der Waals surface area contributed by atoms with Crippen LogP contribution in [-0.2, 0) is 14.4 Å². The summed E-state index contributed by atoms with van der Waals surface area (Å²) in [6, 6.07) is -0.882. The fraction of sp³-hybridized carbons (Fsp3) is 0.545. The predicted molar refractivity (Wildman–Crippen MR) is 63.9 cm³/mol. The Labute approximate surface area is 105 Å². The zero-order valence-electron chi connectivity index (χ0n) is 10.0. The second-order valence-corrected chi connectivity index (χ2v) is 3.88. The fourth-order valence-corrected chi connectivity index (χ4v) is 1.17. The molecule has 5 N–H and O–H groups in total. The summed E-state index contributed by atoms with van der Waals surface area (Å²) in [5.74, 6) is -2.65. The normalized spacial score (nSPS) is 11.6. The number of carboxylic acid groups (broad SMARTS) is 2. The van der Waals surface area contributed by atoms with E-state index in [4.69, 9.17) is 15.9 Å². The van der Waals surface area contributed by atoms with E-state index in [-0.39, 0.29) is 12.0 Å². The molecule has 0 spiro atoms. The van der Waals surface area contributed by atoms with E-state index in [0.717, 1.165) is 0 Å². The molecule has 0 fully saturated rings. The summed E-state index contributed by atoms with van der Waals surface area (Å²) in [4.78, 5) is 32.0. The highest BCUT2D eigenvalue weighted by Gasteiger charge is 2.11. The Hall–Kier alpha value is -1.89. The van der Waals surface area contributed by atoms with Crippen molar-refractivity contribution in [2.75, 3.05) is 6.54 Å². The van der Waals surface area contributed by atoms with Crippen LogP contribution >= 0.6 is 0 Å². The molecule has 0 aliphatic rings. The summed E-state index contributed by atoms with van der Waals surface area (Å²) in [6.07, 6.45) is 1.26. The summed E-state index contributed by atoms with van der Waals surface area (Å²) in [6.45, 7) is 3.60. The summed E-state index contributed by atoms with van der Waals surface area (Å²) in [5.41, 5.74) is 5.13. The van der Waals surface area contributed by atoms with Crippen LogP contribution in [0.3, 0.4) is 0 Å². The molecule has 1 atom stereocenters. The Morgan fingerprint density at radius 2 is 1.83 bits per heavy atom. The van der Waals surface area contributed by atoms with Crippen molar-refractivity contribution >= 4 is 17.8 Å². The van der Waals surface area contributed by atoms with Gasteiger partial charge in [-0.3, -0.25) is 9.59 Å². The average molecular weight is 258 g/mol. The number of hydrogen-bond donors (Lipinski definition) is 4. The quantitative estimate of drug-likeness (QED) is 0.332. The molecule has 0 aromatic rings. The zero-order valence-corrected chi connectivity index (χ0v) is 10.0. The van der Waals surface area contributed by atoms with Crippen molar-refractivity contribution in [3.63, 3.8) is 0 Å². The van der Waals surface area contributed by atoms with Gasteiger partial charge >= 0.3 is 11.9 Å². The number of nitrogens with two attached hydrogens (primary N) is 1. The summed E-state index contributed by atoms with van der Waals surface area (Å²) < 4.78 is 0. The van der Waals surface area contributed by atoms with E-state index >= 15 is 0 Å². The van der Waals surface area contributed by atoms with Gasteiger partial charge in [-0.15, -0.1) is 0 Å². The number of carboxylic acids is 2. The van der Waals surface area contributed by atoms with Crippen molar-refractivity contribution in [2.45, 2.75) is 31.7 Å². The standard InChI is InChI=1S/C11H18N2O5/c1-7(10(15)16)6-9(14)13-5-3-2-4-8(12)11(17)18/h8H,1-6,12H2,(H,13,14)(H,15,16)(H,17,18)/t8-/m0/s1. The first-order valence-electron chi connectivity index (χ1n) is 5.50. The van der Waals surface area contributed by atoms with Gasteiger partial charge < -0.3 is 21.3 Å². The third-order valence-corrected chi connectivity index (χ3v) is 2.26. The topological polar surface area (TPSA) is 130 Å². The van der Waals surface area contributed by atoms with Crippen molar-refractivity contribution < 1.29 is 24.6 Å². The van der Waals surface area contributed by atoms with Gasteiger partial charge in [0.25, 0.3) is 0 Å². The number of unbranched alkanes of at least 4 members (excludes halogenated alkanes) is 1. The lowest BCUT2D eigenvalue weighted by Gasteiger charge is -2.07. The summed E-state index contributed by atoms with van der Waals surface area (Å²) in [7, 11) is 0. The van der Waals surface area contributed by atoms with Gasteiger partial charge in [0, 0.05) is 12.1 Å². The lowest BCUT2D eigenvalue weighted by molar-refractivity contribution is -0.138. The average Bonchev–Trinajstić information content (AvgIpc) is 2.27. The molecule has 0 unspecified atom stereocenters. The van der Waals surface area contributed by atoms with E-state index < -0.39 is 23.9 Å². The van der Waals surface area contributed by atoms with Gasteiger partial charge in [-0.05, 0) is 19.3 Å². The molecule has 0 aliphatic carbocycles. The van der Waals surface area contributed by atoms with Gasteiger partial charge in [0.1, 0.15) is 6.04 Å². The largest absolute Gasteiger partial charge is 0.480 e. The van der Waals surface area contributed by atoms with E-state index in [0.29, 0.717) is 25.8 Å². The Morgan fingerprint density at radius 1 is 1.22 bits per heavy atom. The van der Waals surface area contributed by atoms with Crippen molar-refractivity contribution in [3.8, 4) is 0 Å². The molecule has 18 heavy (non-hydrogen) atoms. The van der Waals surface area contributed by atoms with Crippen LogP contribution in [0, 0.1) is 0 Å². The number of rotatable bonds is 9. The SMILES string of the molecule is C=C(CC(=O)NCCCC[C@H](N)C(=O)O)C(=O)O. The molecule has 1 amide bonds. The van der Waals surface area contributed by atoms with Gasteiger partial charge in [-0.25, -0.2) is 4.79 Å². The van der Waals surface area contributed by atoms with E-state index in [1.165, 1.54) is 0 Å². The minimum Gasteiger partial charge on any atom is -0.480 e. The molecule has 0 radical (unpaired) electrons. The van der Waals surface area contributed by atoms with E-state index in [2.05, 4.69) is 11.9 Å². The highest BCUT2D eigenvalue weighted by Crippen LogP contribution is 2.00. The Balaban J connectivity index is 3.61. The third kappa shape index (κ3) is 7.39. The number of amides is 1. The van der Waals surface area contributed by atoms with E-state index in [9.17, 15) is 14.4 Å². The van der Waals surface area contributed by atoms with Crippen LogP contribution < -0.4 is 11.1 Å². The van der Waals surface area contributed by atoms with E-state index in [1.807, 2.05) is 0 Å². The molecule has 102 valence electrons. The second kappa shape index (κ2) is 8.24. The Bertz CT molecular complexity index is 340. The van der Waals surface area contributed by atoms with Gasteiger partial charge in [0.15, 0.2) is 0 Å². The smallest absolute Gasteiger partial charge is 0.331 e. The highest BCUT2D eigenvalue weighted by molar-refractivity contribution is 5.93. The molecule has 0 aromatic carbocycles. The first-order chi connectivity index (χ1) is 8.34. The molecular formula is C11H18N2O5. The first kappa shape index (κ1) is 16.1. The maximum atomic E-state index is 11.2. The predicted octanol–water partition coefficient (Wildman–Crippen LogP) is -0.284. The lowest BCUT2D eigenvalue weighted by Crippen LogP contribution is -2.30. The number of carbonyl (C=O) groups is 3. The first-order valence-corrected chi connectivity index (χ1v) is 5.50. The molecule has 0 aromatic heterocycles. The fourth-order valence-electron chi connectivity index (χ4n) is 1.17. The van der Waals surface area contributed by atoms with Crippen LogP contribution in [-0.4, -0.2) is 40.6 Å². The Morgan fingerprint density at radius 3 is 2.33 bits per heavy atom. The second-order valence-electron chi connectivity index (χ2n) is 3.88. The maximum absolute atomic E-state index is 11.2. The maximum Gasteiger partial charge on any atom is 0.331 e. The van der Waals surface area contributed by atoms with Crippen molar-refractivity contribution in [2.24, 2.45) is 5.73 Å². The van der Waals surface area contributed by atoms with E-state index in [1.54, 1.807) is 0 Å². The molecular weight excluding hydrogens is 240 g/mol. The molecule has 7 nitrogen and oxygen atoms in total. The van der Waals surface area contributed by atoms with Gasteiger partial charge in [0.2, 0.25) is 5.91 Å². The van der Waals surface area contributed by atoms with Gasteiger partial charge in [-0.1, -0.05) is 6.58 Å². The van der Waals surface area contributed by atoms with Crippen LogP contribution in [0.2, 0.25) is 0 Å². The zero-order chi connectivity index (χ0) is 14.1. The van der Waals surface area contributed by atoms with Crippen LogP contribution in [0.25, 0.3) is 0 Å². The van der Waals surface area contributed by atoms with Crippen molar-refractivity contribution in [3.05, 3.63) is 12.2 Å². The Kier molecular flexibility index (Phi) is 7.37. The molecule has 0 aliphatic heterocycles. The molecule has 0 heterocycles. The molecule has 0 saturated heterocycles. The number of hydrogen-bond acceptors (Lipinski definition) is 4. The third-order valence-electron chi connectivity index (χ3n) is 2.26. The number of nitrogens with one attached hydrogen (secondary N) is 1. The highest BCUT2D eigenvalue weighted by atomic mass is 16.4. The molecule has 0 rings (SSSR count). The summed E-state index contributed by atoms with van der Waals surface area (Å²) >= 11 is 0. The van der Waals surface area contributed by atoms with Crippen LogP contribution in [0.4, 0.5) is 0 Å². The van der Waals surface area contributed by atoms with Gasteiger partial charge in [0.05, 0.1) is 6.42 Å². The van der Waals surface area contributed by atoms with Crippen LogP contribution in [0.15, 0.2) is 12.2 Å².